The molecule has 1 N–H and O–H groups in total. The topological polar surface area (TPSA) is 39.1 Å². The molecule has 0 aliphatic heterocycles. The quantitative estimate of drug-likeness (QED) is 0.703. The van der Waals surface area contributed by atoms with E-state index < -0.39 is 5.54 Å². The van der Waals surface area contributed by atoms with Crippen molar-refractivity contribution < 1.29 is 0 Å². The third kappa shape index (κ3) is 4.08. The molecule has 0 rings (SSSR count). The van der Waals surface area contributed by atoms with Gasteiger partial charge in [-0.05, 0) is 33.9 Å². The number of hydrogen-bond donors (Lipinski definition) is 1. The fourth-order valence-electron chi connectivity index (χ4n) is 1.59. The molecule has 0 fully saturated rings. The third-order valence-corrected chi connectivity index (χ3v) is 2.47. The predicted octanol–water partition coefficient (Wildman–Crippen LogP) is 1.61. The summed E-state index contributed by atoms with van der Waals surface area (Å²) in [6.45, 7) is 13.0. The highest BCUT2D eigenvalue weighted by Crippen LogP contribution is 2.08. The Kier molecular flexibility index (Phi) is 5.75. The average molecular weight is 197 g/mol. The first-order valence-electron chi connectivity index (χ1n) is 5.39. The van der Waals surface area contributed by atoms with Gasteiger partial charge in [0.15, 0.2) is 0 Å². The van der Waals surface area contributed by atoms with Gasteiger partial charge in [0.05, 0.1) is 6.07 Å². The second kappa shape index (κ2) is 6.00. The molecular weight excluding hydrogens is 174 g/mol. The summed E-state index contributed by atoms with van der Waals surface area (Å²) in [4.78, 5) is 2.30. The fourth-order valence-corrected chi connectivity index (χ4v) is 1.59. The molecule has 0 saturated carbocycles. The Morgan fingerprint density at radius 3 is 2.29 bits per heavy atom. The summed E-state index contributed by atoms with van der Waals surface area (Å²) < 4.78 is 0. The van der Waals surface area contributed by atoms with E-state index in [9.17, 15) is 0 Å². The molecule has 3 nitrogen and oxygen atoms in total. The zero-order valence-electron chi connectivity index (χ0n) is 10.1. The van der Waals surface area contributed by atoms with Crippen molar-refractivity contribution in [1.82, 2.24) is 10.2 Å². The monoisotopic (exact) mass is 197 g/mol. The smallest absolute Gasteiger partial charge is 0.116 e. The van der Waals surface area contributed by atoms with Crippen LogP contribution in [0, 0.1) is 11.3 Å². The second-order valence-electron chi connectivity index (χ2n) is 4.13. The first-order chi connectivity index (χ1) is 6.49. The molecule has 1 atom stereocenters. The van der Waals surface area contributed by atoms with Crippen LogP contribution in [0.3, 0.4) is 0 Å². The van der Waals surface area contributed by atoms with Crippen LogP contribution in [0.5, 0.6) is 0 Å². The van der Waals surface area contributed by atoms with Crippen LogP contribution >= 0.6 is 0 Å². The standard InChI is InChI=1S/C11H23N3/c1-6-13-11(5,8-12)9-14(7-2)10(3)4/h10,13H,6-7,9H2,1-5H3. The van der Waals surface area contributed by atoms with E-state index in [0.29, 0.717) is 6.04 Å². The van der Waals surface area contributed by atoms with Gasteiger partial charge in [-0.2, -0.15) is 5.26 Å². The molecule has 0 saturated heterocycles. The SMILES string of the molecule is CCNC(C)(C#N)CN(CC)C(C)C. The molecule has 0 aromatic heterocycles. The number of nitrogens with zero attached hydrogens (tertiary/aromatic N) is 2. The molecule has 82 valence electrons. The second-order valence-corrected chi connectivity index (χ2v) is 4.13. The zero-order chi connectivity index (χ0) is 11.2. The van der Waals surface area contributed by atoms with Gasteiger partial charge in [0.2, 0.25) is 0 Å². The Morgan fingerprint density at radius 2 is 2.00 bits per heavy atom. The van der Waals surface area contributed by atoms with Gasteiger partial charge in [0, 0.05) is 12.6 Å². The minimum absolute atomic E-state index is 0.422. The summed E-state index contributed by atoms with van der Waals surface area (Å²) in [5.41, 5.74) is -0.422. The van der Waals surface area contributed by atoms with Gasteiger partial charge in [-0.25, -0.2) is 0 Å². The number of nitrogens with one attached hydrogen (secondary N) is 1. The van der Waals surface area contributed by atoms with Crippen LogP contribution in [-0.4, -0.2) is 36.1 Å². The summed E-state index contributed by atoms with van der Waals surface area (Å²) in [7, 11) is 0. The molecule has 0 radical (unpaired) electrons. The molecule has 1 unspecified atom stereocenters. The zero-order valence-corrected chi connectivity index (χ0v) is 10.1. The van der Waals surface area contributed by atoms with E-state index >= 15 is 0 Å². The minimum atomic E-state index is -0.422. The van der Waals surface area contributed by atoms with E-state index in [1.807, 2.05) is 13.8 Å². The Balaban J connectivity index is 4.36. The van der Waals surface area contributed by atoms with Crippen LogP contribution in [0.4, 0.5) is 0 Å². The van der Waals surface area contributed by atoms with Crippen molar-refractivity contribution >= 4 is 0 Å². The maximum Gasteiger partial charge on any atom is 0.116 e. The van der Waals surface area contributed by atoms with Crippen LogP contribution in [0.15, 0.2) is 0 Å². The summed E-state index contributed by atoms with van der Waals surface area (Å²) in [6.07, 6.45) is 0. The Morgan fingerprint density at radius 1 is 1.43 bits per heavy atom. The van der Waals surface area contributed by atoms with Gasteiger partial charge in [-0.3, -0.25) is 10.2 Å². The van der Waals surface area contributed by atoms with E-state index in [2.05, 4.69) is 37.1 Å². The van der Waals surface area contributed by atoms with Gasteiger partial charge in [0.25, 0.3) is 0 Å². The van der Waals surface area contributed by atoms with E-state index in [4.69, 9.17) is 5.26 Å². The number of nitriles is 1. The van der Waals surface area contributed by atoms with Crippen molar-refractivity contribution in [3.05, 3.63) is 0 Å². The molecule has 0 aliphatic rings. The third-order valence-electron chi connectivity index (χ3n) is 2.47. The van der Waals surface area contributed by atoms with Gasteiger partial charge < -0.3 is 0 Å². The summed E-state index contributed by atoms with van der Waals surface area (Å²) in [6, 6.07) is 2.84. The fraction of sp³-hybridized carbons (Fsp3) is 0.909. The van der Waals surface area contributed by atoms with Crippen molar-refractivity contribution in [2.75, 3.05) is 19.6 Å². The first kappa shape index (κ1) is 13.4. The maximum absolute atomic E-state index is 9.10. The van der Waals surface area contributed by atoms with E-state index in [1.165, 1.54) is 0 Å². The summed E-state index contributed by atoms with van der Waals surface area (Å²) >= 11 is 0. The molecule has 0 amide bonds. The Labute approximate surface area is 88.1 Å². The van der Waals surface area contributed by atoms with Crippen molar-refractivity contribution in [3.63, 3.8) is 0 Å². The van der Waals surface area contributed by atoms with Crippen LogP contribution in [0.1, 0.15) is 34.6 Å². The molecule has 0 spiro atoms. The van der Waals surface area contributed by atoms with Gasteiger partial charge in [-0.1, -0.05) is 13.8 Å². The van der Waals surface area contributed by atoms with Crippen LogP contribution in [0.25, 0.3) is 0 Å². The molecular formula is C11H23N3. The lowest BCUT2D eigenvalue weighted by atomic mass is 10.0. The molecule has 3 heteroatoms. The Hall–Kier alpha value is -0.590. The minimum Gasteiger partial charge on any atom is -0.299 e. The normalized spacial score (nSPS) is 15.6. The summed E-state index contributed by atoms with van der Waals surface area (Å²) in [5, 5.41) is 12.3. The van der Waals surface area contributed by atoms with Crippen molar-refractivity contribution in [2.24, 2.45) is 0 Å². The van der Waals surface area contributed by atoms with Crippen LogP contribution in [0.2, 0.25) is 0 Å². The molecule has 0 bridgehead atoms. The molecule has 0 aromatic rings. The number of likely N-dealkylation sites (N-methyl/N-ethyl adjacent to an activating group) is 2. The van der Waals surface area contributed by atoms with Crippen molar-refractivity contribution in [1.29, 1.82) is 5.26 Å². The molecule has 0 heterocycles. The number of hydrogen-bond acceptors (Lipinski definition) is 3. The first-order valence-corrected chi connectivity index (χ1v) is 5.39. The maximum atomic E-state index is 9.10. The predicted molar refractivity (Wildman–Crippen MR) is 60.1 cm³/mol. The highest BCUT2D eigenvalue weighted by atomic mass is 15.2. The number of rotatable bonds is 6. The highest BCUT2D eigenvalue weighted by molar-refractivity contribution is 5.05. The Bertz CT molecular complexity index is 195. The van der Waals surface area contributed by atoms with Crippen LogP contribution in [-0.2, 0) is 0 Å². The van der Waals surface area contributed by atoms with Crippen LogP contribution < -0.4 is 5.32 Å². The summed E-state index contributed by atoms with van der Waals surface area (Å²) in [5.74, 6) is 0. The van der Waals surface area contributed by atoms with Crippen molar-refractivity contribution in [3.8, 4) is 6.07 Å². The largest absolute Gasteiger partial charge is 0.299 e. The van der Waals surface area contributed by atoms with Gasteiger partial charge in [0.1, 0.15) is 5.54 Å². The lowest BCUT2D eigenvalue weighted by Gasteiger charge is -2.32. The van der Waals surface area contributed by atoms with E-state index in [1.54, 1.807) is 0 Å². The van der Waals surface area contributed by atoms with E-state index in [-0.39, 0.29) is 0 Å². The highest BCUT2D eigenvalue weighted by Gasteiger charge is 2.25. The molecule has 14 heavy (non-hydrogen) atoms. The van der Waals surface area contributed by atoms with Gasteiger partial charge >= 0.3 is 0 Å². The van der Waals surface area contributed by atoms with E-state index in [0.717, 1.165) is 19.6 Å². The van der Waals surface area contributed by atoms with Gasteiger partial charge in [-0.15, -0.1) is 0 Å². The van der Waals surface area contributed by atoms with Crippen molar-refractivity contribution in [2.45, 2.75) is 46.2 Å². The lowest BCUT2D eigenvalue weighted by molar-refractivity contribution is 0.189. The molecule has 0 aromatic carbocycles. The average Bonchev–Trinajstić information content (AvgIpc) is 2.14. The lowest BCUT2D eigenvalue weighted by Crippen LogP contribution is -2.51. The molecule has 0 aliphatic carbocycles.